The van der Waals surface area contributed by atoms with E-state index >= 15 is 0 Å². The summed E-state index contributed by atoms with van der Waals surface area (Å²) in [5, 5.41) is 1.26. The average Bonchev–Trinajstić information content (AvgIpc) is 2.25. The van der Waals surface area contributed by atoms with Crippen LogP contribution in [0, 0.1) is 6.92 Å². The van der Waals surface area contributed by atoms with Gasteiger partial charge >= 0.3 is 0 Å². The fraction of sp³-hybridized carbons (Fsp3) is 0.308. The van der Waals surface area contributed by atoms with Crippen LogP contribution in [0.15, 0.2) is 30.3 Å². The summed E-state index contributed by atoms with van der Waals surface area (Å²) in [5.74, 6) is 0. The third kappa shape index (κ3) is 2.16. The molecule has 0 aliphatic rings. The number of aromatic nitrogens is 1. The van der Waals surface area contributed by atoms with Gasteiger partial charge in [-0.3, -0.25) is 4.98 Å². The molecule has 2 nitrogen and oxygen atoms in total. The Labute approximate surface area is 90.1 Å². The van der Waals surface area contributed by atoms with Gasteiger partial charge < -0.3 is 5.73 Å². The zero-order chi connectivity index (χ0) is 10.7. The molecule has 0 radical (unpaired) electrons. The normalized spacial score (nSPS) is 10.8. The van der Waals surface area contributed by atoms with Gasteiger partial charge in [-0.05, 0) is 44.0 Å². The Kier molecular flexibility index (Phi) is 2.97. The number of hydrogen-bond acceptors (Lipinski definition) is 2. The lowest BCUT2D eigenvalue weighted by Crippen LogP contribution is -2.01. The molecule has 1 aromatic heterocycles. The summed E-state index contributed by atoms with van der Waals surface area (Å²) in [4.78, 5) is 4.51. The molecule has 0 atom stereocenters. The highest BCUT2D eigenvalue weighted by Crippen LogP contribution is 2.19. The van der Waals surface area contributed by atoms with Crippen LogP contribution in [0.1, 0.15) is 17.7 Å². The maximum Gasteiger partial charge on any atom is 0.0707 e. The monoisotopic (exact) mass is 200 g/mol. The first-order valence-corrected chi connectivity index (χ1v) is 5.36. The Bertz CT molecular complexity index is 463. The van der Waals surface area contributed by atoms with Crippen molar-refractivity contribution in [3.8, 4) is 0 Å². The van der Waals surface area contributed by atoms with Crippen LogP contribution in [0.5, 0.6) is 0 Å². The number of aryl methyl sites for hydroxylation is 2. The van der Waals surface area contributed by atoms with Crippen LogP contribution in [0.25, 0.3) is 10.9 Å². The third-order valence-electron chi connectivity index (χ3n) is 2.58. The van der Waals surface area contributed by atoms with E-state index in [1.165, 1.54) is 10.9 Å². The van der Waals surface area contributed by atoms with Crippen molar-refractivity contribution in [3.05, 3.63) is 41.6 Å². The molecule has 0 bridgehead atoms. The van der Waals surface area contributed by atoms with Crippen molar-refractivity contribution in [2.75, 3.05) is 6.54 Å². The minimum atomic E-state index is 0.746. The number of fused-ring (bicyclic) bond motifs is 1. The molecule has 15 heavy (non-hydrogen) atoms. The minimum absolute atomic E-state index is 0.746. The predicted molar refractivity (Wildman–Crippen MR) is 63.9 cm³/mol. The first-order valence-electron chi connectivity index (χ1n) is 5.36. The second-order valence-corrected chi connectivity index (χ2v) is 3.83. The van der Waals surface area contributed by atoms with Crippen LogP contribution < -0.4 is 5.73 Å². The number of benzene rings is 1. The number of pyridine rings is 1. The molecule has 0 amide bonds. The van der Waals surface area contributed by atoms with Crippen molar-refractivity contribution >= 4 is 10.9 Å². The summed E-state index contributed by atoms with van der Waals surface area (Å²) in [6, 6.07) is 10.5. The molecule has 2 aromatic rings. The molecule has 0 saturated heterocycles. The Hall–Kier alpha value is -1.41. The fourth-order valence-electron chi connectivity index (χ4n) is 1.89. The van der Waals surface area contributed by atoms with Gasteiger partial charge in [-0.25, -0.2) is 0 Å². The highest BCUT2D eigenvalue weighted by Gasteiger charge is 2.02. The van der Waals surface area contributed by atoms with E-state index in [4.69, 9.17) is 5.73 Å². The van der Waals surface area contributed by atoms with E-state index in [2.05, 4.69) is 29.2 Å². The van der Waals surface area contributed by atoms with E-state index in [1.807, 2.05) is 13.0 Å². The van der Waals surface area contributed by atoms with Crippen molar-refractivity contribution in [2.24, 2.45) is 5.73 Å². The van der Waals surface area contributed by atoms with Crippen molar-refractivity contribution in [2.45, 2.75) is 19.8 Å². The van der Waals surface area contributed by atoms with E-state index in [-0.39, 0.29) is 0 Å². The summed E-state index contributed by atoms with van der Waals surface area (Å²) in [7, 11) is 0. The number of hydrogen-bond donors (Lipinski definition) is 1. The van der Waals surface area contributed by atoms with Crippen LogP contribution in [-0.2, 0) is 6.42 Å². The summed E-state index contributed by atoms with van der Waals surface area (Å²) >= 11 is 0. The highest BCUT2D eigenvalue weighted by atomic mass is 14.7. The van der Waals surface area contributed by atoms with Crippen molar-refractivity contribution in [3.63, 3.8) is 0 Å². The Morgan fingerprint density at radius 1 is 1.27 bits per heavy atom. The van der Waals surface area contributed by atoms with Crippen molar-refractivity contribution in [1.29, 1.82) is 0 Å². The zero-order valence-electron chi connectivity index (χ0n) is 9.03. The quantitative estimate of drug-likeness (QED) is 0.826. The van der Waals surface area contributed by atoms with E-state index in [0.29, 0.717) is 0 Å². The molecule has 2 N–H and O–H groups in total. The Morgan fingerprint density at radius 3 is 2.87 bits per heavy atom. The molecule has 0 saturated carbocycles. The average molecular weight is 200 g/mol. The second-order valence-electron chi connectivity index (χ2n) is 3.83. The third-order valence-corrected chi connectivity index (χ3v) is 2.58. The van der Waals surface area contributed by atoms with Gasteiger partial charge in [0, 0.05) is 11.1 Å². The van der Waals surface area contributed by atoms with Gasteiger partial charge in [-0.1, -0.05) is 18.2 Å². The van der Waals surface area contributed by atoms with Gasteiger partial charge in [0.05, 0.1) is 5.52 Å². The zero-order valence-corrected chi connectivity index (χ0v) is 9.03. The molecular weight excluding hydrogens is 184 g/mol. The lowest BCUT2D eigenvalue weighted by atomic mass is 10.0. The first kappa shape index (κ1) is 10.1. The fourth-order valence-corrected chi connectivity index (χ4v) is 1.89. The van der Waals surface area contributed by atoms with Crippen molar-refractivity contribution < 1.29 is 0 Å². The van der Waals surface area contributed by atoms with Crippen molar-refractivity contribution in [1.82, 2.24) is 4.98 Å². The number of nitrogens with zero attached hydrogens (tertiary/aromatic N) is 1. The van der Waals surface area contributed by atoms with Crippen LogP contribution in [0.4, 0.5) is 0 Å². The summed E-state index contributed by atoms with van der Waals surface area (Å²) < 4.78 is 0. The van der Waals surface area contributed by atoms with Gasteiger partial charge in [0.1, 0.15) is 0 Å². The largest absolute Gasteiger partial charge is 0.330 e. The second kappa shape index (κ2) is 4.41. The molecule has 1 aromatic carbocycles. The lowest BCUT2D eigenvalue weighted by molar-refractivity contribution is 0.835. The molecule has 78 valence electrons. The first-order chi connectivity index (χ1) is 7.31. The van der Waals surface area contributed by atoms with Crippen LogP contribution in [0.3, 0.4) is 0 Å². The maximum absolute atomic E-state index is 5.54. The van der Waals surface area contributed by atoms with E-state index < -0.39 is 0 Å². The van der Waals surface area contributed by atoms with Crippen LogP contribution in [-0.4, -0.2) is 11.5 Å². The maximum atomic E-state index is 5.54. The number of para-hydroxylation sites is 1. The van der Waals surface area contributed by atoms with Crippen LogP contribution in [0.2, 0.25) is 0 Å². The molecule has 1 heterocycles. The molecule has 0 unspecified atom stereocenters. The van der Waals surface area contributed by atoms with E-state index in [1.54, 1.807) is 0 Å². The lowest BCUT2D eigenvalue weighted by Gasteiger charge is -2.06. The topological polar surface area (TPSA) is 38.9 Å². The SMILES string of the molecule is Cc1cc(CCCN)c2ccccc2n1. The molecule has 2 heteroatoms. The number of nitrogens with two attached hydrogens (primary N) is 1. The molecule has 0 aliphatic carbocycles. The molecule has 0 aliphatic heterocycles. The summed E-state index contributed by atoms with van der Waals surface area (Å²) in [6.07, 6.45) is 2.08. The molecule has 0 fully saturated rings. The van der Waals surface area contributed by atoms with Gasteiger partial charge in [-0.15, -0.1) is 0 Å². The predicted octanol–water partition coefficient (Wildman–Crippen LogP) is 2.43. The molecule has 0 spiro atoms. The summed E-state index contributed by atoms with van der Waals surface area (Å²) in [6.45, 7) is 2.79. The molecular formula is C13H16N2. The Morgan fingerprint density at radius 2 is 2.07 bits per heavy atom. The minimum Gasteiger partial charge on any atom is -0.330 e. The Balaban J connectivity index is 2.50. The number of rotatable bonds is 3. The standard InChI is InChI=1S/C13H16N2/c1-10-9-11(5-4-8-14)12-6-2-3-7-13(12)15-10/h2-3,6-7,9H,4-5,8,14H2,1H3. The summed E-state index contributed by atoms with van der Waals surface area (Å²) in [5.41, 5.74) is 9.08. The smallest absolute Gasteiger partial charge is 0.0707 e. The molecule has 2 rings (SSSR count). The highest BCUT2D eigenvalue weighted by molar-refractivity contribution is 5.82. The van der Waals surface area contributed by atoms with Gasteiger partial charge in [0.2, 0.25) is 0 Å². The van der Waals surface area contributed by atoms with Gasteiger partial charge in [-0.2, -0.15) is 0 Å². The van der Waals surface area contributed by atoms with E-state index in [0.717, 1.165) is 30.6 Å². The van der Waals surface area contributed by atoms with Gasteiger partial charge in [0.15, 0.2) is 0 Å². The van der Waals surface area contributed by atoms with E-state index in [9.17, 15) is 0 Å². The van der Waals surface area contributed by atoms with Crippen LogP contribution >= 0.6 is 0 Å². The van der Waals surface area contributed by atoms with Gasteiger partial charge in [0.25, 0.3) is 0 Å².